The highest BCUT2D eigenvalue weighted by atomic mass is 35.5. The molecular weight excluding hydrogens is 287 g/mol. The fourth-order valence-electron chi connectivity index (χ4n) is 1.77. The van der Waals surface area contributed by atoms with Gasteiger partial charge in [0.05, 0.1) is 11.5 Å². The maximum absolute atomic E-state index is 12.7. The quantitative estimate of drug-likeness (QED) is 0.864. The molecule has 0 radical (unpaired) electrons. The second kappa shape index (κ2) is 5.72. The maximum Gasteiger partial charge on any atom is 0.158 e. The lowest BCUT2D eigenvalue weighted by atomic mass is 10.2. The Morgan fingerprint density at radius 2 is 1.58 bits per heavy atom. The molecule has 0 saturated heterocycles. The molecule has 0 bridgehead atoms. The van der Waals surface area contributed by atoms with Gasteiger partial charge in [-0.15, -0.1) is 0 Å². The minimum atomic E-state index is -3.30. The Labute approximate surface area is 116 Å². The van der Waals surface area contributed by atoms with Gasteiger partial charge in [0.15, 0.2) is 9.84 Å². The van der Waals surface area contributed by atoms with Gasteiger partial charge in [-0.05, 0) is 35.4 Å². The summed E-state index contributed by atoms with van der Waals surface area (Å²) in [6.07, 6.45) is 0. The lowest BCUT2D eigenvalue weighted by Gasteiger charge is -2.05. The molecule has 0 aliphatic carbocycles. The lowest BCUT2D eigenvalue weighted by molar-refractivity contribution is 0.594. The summed E-state index contributed by atoms with van der Waals surface area (Å²) in [5, 5.41) is 0.509. The lowest BCUT2D eigenvalue weighted by Crippen LogP contribution is -2.07. The van der Waals surface area contributed by atoms with E-state index in [1.807, 2.05) is 0 Å². The van der Waals surface area contributed by atoms with Gasteiger partial charge >= 0.3 is 0 Å². The Morgan fingerprint density at radius 3 is 2.21 bits per heavy atom. The SMILES string of the molecule is O=S(=O)(Cc1ccc(F)cc1)Cc1cccc(Cl)c1. The topological polar surface area (TPSA) is 34.1 Å². The first kappa shape index (κ1) is 14.0. The van der Waals surface area contributed by atoms with Crippen LogP contribution in [0.3, 0.4) is 0 Å². The Bertz CT molecular complexity index is 666. The molecule has 0 saturated carbocycles. The predicted octanol–water partition coefficient (Wildman–Crippen LogP) is 3.59. The second-order valence-electron chi connectivity index (χ2n) is 4.29. The van der Waals surface area contributed by atoms with Crippen LogP contribution in [0.25, 0.3) is 0 Å². The van der Waals surface area contributed by atoms with Gasteiger partial charge in [0.2, 0.25) is 0 Å². The Morgan fingerprint density at radius 1 is 0.947 bits per heavy atom. The highest BCUT2D eigenvalue weighted by Crippen LogP contribution is 2.16. The molecule has 2 aromatic carbocycles. The highest BCUT2D eigenvalue weighted by Gasteiger charge is 2.13. The third-order valence-electron chi connectivity index (χ3n) is 2.58. The van der Waals surface area contributed by atoms with Crippen LogP contribution in [0.2, 0.25) is 5.02 Å². The van der Waals surface area contributed by atoms with E-state index in [1.54, 1.807) is 24.3 Å². The summed E-state index contributed by atoms with van der Waals surface area (Å²) >= 11 is 5.81. The number of rotatable bonds is 4. The molecule has 0 amide bonds. The van der Waals surface area contributed by atoms with Crippen LogP contribution in [0.15, 0.2) is 48.5 Å². The van der Waals surface area contributed by atoms with Crippen LogP contribution in [0.5, 0.6) is 0 Å². The van der Waals surface area contributed by atoms with Crippen LogP contribution in [-0.2, 0) is 21.3 Å². The van der Waals surface area contributed by atoms with Gasteiger partial charge in [0.1, 0.15) is 5.82 Å². The smallest absolute Gasteiger partial charge is 0.158 e. The van der Waals surface area contributed by atoms with Crippen LogP contribution in [0.4, 0.5) is 4.39 Å². The minimum absolute atomic E-state index is 0.0784. The van der Waals surface area contributed by atoms with Crippen molar-refractivity contribution in [3.63, 3.8) is 0 Å². The molecule has 2 rings (SSSR count). The monoisotopic (exact) mass is 298 g/mol. The molecule has 2 aromatic rings. The molecule has 0 atom stereocenters. The molecule has 0 aliphatic heterocycles. The van der Waals surface area contributed by atoms with E-state index in [2.05, 4.69) is 0 Å². The van der Waals surface area contributed by atoms with Gasteiger partial charge < -0.3 is 0 Å². The van der Waals surface area contributed by atoms with Crippen molar-refractivity contribution in [1.29, 1.82) is 0 Å². The Hall–Kier alpha value is -1.39. The summed E-state index contributed by atoms with van der Waals surface area (Å²) in [6.45, 7) is 0. The summed E-state index contributed by atoms with van der Waals surface area (Å²) in [6, 6.07) is 12.2. The summed E-state index contributed by atoms with van der Waals surface area (Å²) in [4.78, 5) is 0. The van der Waals surface area contributed by atoms with Crippen LogP contribution >= 0.6 is 11.6 Å². The third-order valence-corrected chi connectivity index (χ3v) is 4.36. The maximum atomic E-state index is 12.7. The average molecular weight is 299 g/mol. The van der Waals surface area contributed by atoms with Gasteiger partial charge in [0, 0.05) is 5.02 Å². The van der Waals surface area contributed by atoms with E-state index in [0.29, 0.717) is 16.1 Å². The van der Waals surface area contributed by atoms with Crippen LogP contribution in [-0.4, -0.2) is 8.42 Å². The second-order valence-corrected chi connectivity index (χ2v) is 6.79. The summed E-state index contributed by atoms with van der Waals surface area (Å²) in [5.41, 5.74) is 1.22. The number of hydrogen-bond donors (Lipinski definition) is 0. The molecule has 19 heavy (non-hydrogen) atoms. The van der Waals surface area contributed by atoms with E-state index >= 15 is 0 Å². The van der Waals surface area contributed by atoms with Gasteiger partial charge in [-0.3, -0.25) is 0 Å². The van der Waals surface area contributed by atoms with Gasteiger partial charge in [-0.2, -0.15) is 0 Å². The first-order chi connectivity index (χ1) is 8.94. The number of benzene rings is 2. The van der Waals surface area contributed by atoms with Crippen molar-refractivity contribution in [1.82, 2.24) is 0 Å². The Balaban J connectivity index is 2.13. The number of hydrogen-bond acceptors (Lipinski definition) is 2. The van der Waals surface area contributed by atoms with Crippen molar-refractivity contribution < 1.29 is 12.8 Å². The van der Waals surface area contributed by atoms with Gasteiger partial charge in [-0.25, -0.2) is 12.8 Å². The highest BCUT2D eigenvalue weighted by molar-refractivity contribution is 7.89. The van der Waals surface area contributed by atoms with Crippen LogP contribution in [0.1, 0.15) is 11.1 Å². The van der Waals surface area contributed by atoms with E-state index in [-0.39, 0.29) is 17.3 Å². The normalized spacial score (nSPS) is 11.5. The zero-order chi connectivity index (χ0) is 13.9. The van der Waals surface area contributed by atoms with Crippen molar-refractivity contribution in [2.75, 3.05) is 0 Å². The van der Waals surface area contributed by atoms with Crippen molar-refractivity contribution in [2.24, 2.45) is 0 Å². The minimum Gasteiger partial charge on any atom is -0.228 e. The van der Waals surface area contributed by atoms with Crippen LogP contribution in [0, 0.1) is 5.82 Å². The van der Waals surface area contributed by atoms with Crippen molar-refractivity contribution in [3.05, 3.63) is 70.5 Å². The third kappa shape index (κ3) is 4.33. The standard InChI is InChI=1S/C14H12ClFO2S/c15-13-3-1-2-12(8-13)10-19(17,18)9-11-4-6-14(16)7-5-11/h1-8H,9-10H2. The predicted molar refractivity (Wildman–Crippen MR) is 74.2 cm³/mol. The molecule has 0 heterocycles. The molecule has 2 nitrogen and oxygen atoms in total. The molecule has 100 valence electrons. The summed E-state index contributed by atoms with van der Waals surface area (Å²) in [5.74, 6) is -0.568. The van der Waals surface area contributed by atoms with Gasteiger partial charge in [-0.1, -0.05) is 35.9 Å². The van der Waals surface area contributed by atoms with E-state index in [9.17, 15) is 12.8 Å². The van der Waals surface area contributed by atoms with Gasteiger partial charge in [0.25, 0.3) is 0 Å². The molecule has 0 fully saturated rings. The summed E-state index contributed by atoms with van der Waals surface area (Å²) < 4.78 is 36.8. The molecular formula is C14H12ClFO2S. The number of sulfone groups is 1. The number of halogens is 2. The molecule has 5 heteroatoms. The van der Waals surface area contributed by atoms with Crippen molar-refractivity contribution in [3.8, 4) is 0 Å². The first-order valence-electron chi connectivity index (χ1n) is 5.64. The van der Waals surface area contributed by atoms with Crippen LogP contribution < -0.4 is 0 Å². The van der Waals surface area contributed by atoms with Crippen molar-refractivity contribution >= 4 is 21.4 Å². The zero-order valence-electron chi connectivity index (χ0n) is 10.0. The van der Waals surface area contributed by atoms with Crippen molar-refractivity contribution in [2.45, 2.75) is 11.5 Å². The molecule has 0 aromatic heterocycles. The molecule has 0 N–H and O–H groups in total. The molecule has 0 aliphatic rings. The summed E-state index contributed by atoms with van der Waals surface area (Å²) in [7, 11) is -3.30. The first-order valence-corrected chi connectivity index (χ1v) is 7.84. The van der Waals surface area contributed by atoms with E-state index in [1.165, 1.54) is 24.3 Å². The van der Waals surface area contributed by atoms with E-state index < -0.39 is 9.84 Å². The fourth-order valence-corrected chi connectivity index (χ4v) is 3.47. The molecule has 0 unspecified atom stereocenters. The fraction of sp³-hybridized carbons (Fsp3) is 0.143. The largest absolute Gasteiger partial charge is 0.228 e. The van der Waals surface area contributed by atoms with E-state index in [0.717, 1.165) is 0 Å². The average Bonchev–Trinajstić information content (AvgIpc) is 2.31. The van der Waals surface area contributed by atoms with E-state index in [4.69, 9.17) is 11.6 Å². The Kier molecular flexibility index (Phi) is 4.22. The zero-order valence-corrected chi connectivity index (χ0v) is 11.6. The molecule has 0 spiro atoms.